The number of rotatable bonds is 8. The maximum atomic E-state index is 11.4. The van der Waals surface area contributed by atoms with Crippen molar-refractivity contribution >= 4 is 27.6 Å². The van der Waals surface area contributed by atoms with Gasteiger partial charge in [0.05, 0.1) is 6.61 Å². The molecule has 6 heteroatoms. The lowest BCUT2D eigenvalue weighted by atomic mass is 10.1. The fraction of sp³-hybridized carbons (Fsp3) is 0.370. The lowest BCUT2D eigenvalue weighted by molar-refractivity contribution is 0.253. The number of ether oxygens (including phenoxy) is 1. The first-order valence-corrected chi connectivity index (χ1v) is 11.9. The Hall–Kier alpha value is -3.25. The van der Waals surface area contributed by atoms with Crippen LogP contribution in [0, 0.1) is 0 Å². The first-order chi connectivity index (χ1) is 16.2. The molecule has 2 aromatic carbocycles. The monoisotopic (exact) mass is 445 g/mol. The largest absolute Gasteiger partial charge is 0.494 e. The molecule has 3 heterocycles. The van der Waals surface area contributed by atoms with Crippen molar-refractivity contribution in [2.75, 3.05) is 44.2 Å². The Balaban J connectivity index is 1.09. The predicted octanol–water partition coefficient (Wildman–Crippen LogP) is 4.82. The number of aromatic nitrogens is 1. The molecule has 33 heavy (non-hydrogen) atoms. The van der Waals surface area contributed by atoms with Gasteiger partial charge in [0.2, 0.25) is 0 Å². The zero-order chi connectivity index (χ0) is 22.6. The summed E-state index contributed by atoms with van der Waals surface area (Å²) in [5.74, 6) is 0.924. The van der Waals surface area contributed by atoms with Crippen LogP contribution in [0.15, 0.2) is 63.9 Å². The summed E-state index contributed by atoms with van der Waals surface area (Å²) in [4.78, 5) is 19.8. The van der Waals surface area contributed by atoms with E-state index in [9.17, 15) is 4.79 Å². The van der Waals surface area contributed by atoms with E-state index in [1.807, 2.05) is 19.1 Å². The number of fused-ring (bicyclic) bond motifs is 2. The number of nitrogens with one attached hydrogen (secondary N) is 1. The van der Waals surface area contributed by atoms with Gasteiger partial charge >= 0.3 is 5.63 Å². The fourth-order valence-corrected chi connectivity index (χ4v) is 4.77. The van der Waals surface area contributed by atoms with Gasteiger partial charge in [-0.2, -0.15) is 0 Å². The Kier molecular flexibility index (Phi) is 6.35. The number of aromatic amines is 1. The van der Waals surface area contributed by atoms with E-state index >= 15 is 0 Å². The number of benzene rings is 2. The Morgan fingerprint density at radius 2 is 1.88 bits per heavy atom. The van der Waals surface area contributed by atoms with Crippen LogP contribution in [-0.4, -0.2) is 49.2 Å². The van der Waals surface area contributed by atoms with Crippen LogP contribution in [0.5, 0.6) is 5.75 Å². The van der Waals surface area contributed by atoms with Crippen LogP contribution in [0.25, 0.3) is 21.9 Å². The summed E-state index contributed by atoms with van der Waals surface area (Å²) >= 11 is 0. The van der Waals surface area contributed by atoms with E-state index in [-0.39, 0.29) is 5.63 Å². The standard InChI is InChI=1S/C27H31N3O3/c1-2-32-23-8-9-24-21(19-28-25(24)18-23)5-3-4-12-29-13-15-30(16-14-29)22-7-10-26-20(17-22)6-11-27(31)33-26/h6-11,17-19,28H,2-5,12-16H2,1H3. The third-order valence-corrected chi connectivity index (χ3v) is 6.56. The molecule has 172 valence electrons. The fourth-order valence-electron chi connectivity index (χ4n) is 4.77. The van der Waals surface area contributed by atoms with Crippen molar-refractivity contribution in [2.24, 2.45) is 0 Å². The zero-order valence-corrected chi connectivity index (χ0v) is 19.2. The first kappa shape index (κ1) is 21.6. The van der Waals surface area contributed by atoms with Crippen molar-refractivity contribution in [3.05, 3.63) is 70.7 Å². The predicted molar refractivity (Wildman–Crippen MR) is 134 cm³/mol. The molecule has 0 amide bonds. The molecule has 0 bridgehead atoms. The highest BCUT2D eigenvalue weighted by molar-refractivity contribution is 5.84. The number of piperazine rings is 1. The summed E-state index contributed by atoms with van der Waals surface area (Å²) in [6.07, 6.45) is 5.64. The Bertz CT molecular complexity index is 1280. The average molecular weight is 446 g/mol. The maximum absolute atomic E-state index is 11.4. The Morgan fingerprint density at radius 1 is 1.00 bits per heavy atom. The number of hydrogen-bond donors (Lipinski definition) is 1. The summed E-state index contributed by atoms with van der Waals surface area (Å²) < 4.78 is 10.9. The van der Waals surface area contributed by atoms with Gasteiger partial charge < -0.3 is 19.0 Å². The molecule has 5 rings (SSSR count). The third kappa shape index (κ3) is 4.91. The van der Waals surface area contributed by atoms with Crippen LogP contribution in [0.2, 0.25) is 0 Å². The second-order valence-electron chi connectivity index (χ2n) is 8.72. The number of unbranched alkanes of at least 4 members (excludes halogenated alkanes) is 1. The molecule has 0 aliphatic carbocycles. The third-order valence-electron chi connectivity index (χ3n) is 6.56. The second-order valence-corrected chi connectivity index (χ2v) is 8.72. The summed E-state index contributed by atoms with van der Waals surface area (Å²) in [5, 5.41) is 2.28. The van der Waals surface area contributed by atoms with Crippen LogP contribution < -0.4 is 15.3 Å². The van der Waals surface area contributed by atoms with E-state index < -0.39 is 0 Å². The van der Waals surface area contributed by atoms with E-state index in [4.69, 9.17) is 9.15 Å². The van der Waals surface area contributed by atoms with E-state index in [0.717, 1.165) is 55.8 Å². The van der Waals surface area contributed by atoms with E-state index in [1.165, 1.54) is 35.5 Å². The van der Waals surface area contributed by atoms with Crippen molar-refractivity contribution < 1.29 is 9.15 Å². The molecule has 1 aliphatic heterocycles. The maximum Gasteiger partial charge on any atom is 0.336 e. The van der Waals surface area contributed by atoms with Gasteiger partial charge in [0, 0.05) is 66.5 Å². The van der Waals surface area contributed by atoms with Crippen molar-refractivity contribution in [2.45, 2.75) is 26.2 Å². The van der Waals surface area contributed by atoms with Crippen LogP contribution >= 0.6 is 0 Å². The Morgan fingerprint density at radius 3 is 2.73 bits per heavy atom. The number of H-pyrrole nitrogens is 1. The van der Waals surface area contributed by atoms with Crippen molar-refractivity contribution in [3.8, 4) is 5.75 Å². The number of hydrogen-bond acceptors (Lipinski definition) is 5. The molecule has 1 saturated heterocycles. The lowest BCUT2D eigenvalue weighted by Crippen LogP contribution is -2.46. The molecular formula is C27H31N3O3. The van der Waals surface area contributed by atoms with Gasteiger partial charge in [0.15, 0.2) is 0 Å². The van der Waals surface area contributed by atoms with Crippen LogP contribution in [-0.2, 0) is 6.42 Å². The zero-order valence-electron chi connectivity index (χ0n) is 19.2. The molecule has 0 atom stereocenters. The quantitative estimate of drug-likeness (QED) is 0.311. The molecule has 0 radical (unpaired) electrons. The Labute approximate surface area is 193 Å². The van der Waals surface area contributed by atoms with E-state index in [0.29, 0.717) is 12.2 Å². The average Bonchev–Trinajstić information content (AvgIpc) is 3.24. The SMILES string of the molecule is CCOc1ccc2c(CCCCN3CCN(c4ccc5oc(=O)ccc5c4)CC3)c[nH]c2c1. The van der Waals surface area contributed by atoms with Crippen LogP contribution in [0.1, 0.15) is 25.3 Å². The molecule has 0 spiro atoms. The van der Waals surface area contributed by atoms with Crippen molar-refractivity contribution in [3.63, 3.8) is 0 Å². The smallest absolute Gasteiger partial charge is 0.336 e. The number of nitrogens with zero attached hydrogens (tertiary/aromatic N) is 2. The molecular weight excluding hydrogens is 414 g/mol. The molecule has 2 aromatic heterocycles. The van der Waals surface area contributed by atoms with E-state index in [2.05, 4.69) is 51.3 Å². The van der Waals surface area contributed by atoms with Crippen molar-refractivity contribution in [1.29, 1.82) is 0 Å². The molecule has 0 saturated carbocycles. The van der Waals surface area contributed by atoms with Crippen molar-refractivity contribution in [1.82, 2.24) is 9.88 Å². The summed E-state index contributed by atoms with van der Waals surface area (Å²) in [6, 6.07) is 15.7. The molecule has 1 N–H and O–H groups in total. The van der Waals surface area contributed by atoms with Gasteiger partial charge in [-0.05, 0) is 74.7 Å². The minimum atomic E-state index is -0.302. The van der Waals surface area contributed by atoms with Crippen LogP contribution in [0.4, 0.5) is 5.69 Å². The minimum absolute atomic E-state index is 0.302. The molecule has 0 unspecified atom stereocenters. The summed E-state index contributed by atoms with van der Waals surface area (Å²) in [6.45, 7) is 8.04. The highest BCUT2D eigenvalue weighted by Crippen LogP contribution is 2.25. The lowest BCUT2D eigenvalue weighted by Gasteiger charge is -2.36. The van der Waals surface area contributed by atoms with Gasteiger partial charge in [-0.15, -0.1) is 0 Å². The van der Waals surface area contributed by atoms with E-state index in [1.54, 1.807) is 0 Å². The minimum Gasteiger partial charge on any atom is -0.494 e. The topological polar surface area (TPSA) is 61.7 Å². The van der Waals surface area contributed by atoms with Gasteiger partial charge in [-0.25, -0.2) is 4.79 Å². The highest BCUT2D eigenvalue weighted by atomic mass is 16.5. The van der Waals surface area contributed by atoms with Crippen LogP contribution in [0.3, 0.4) is 0 Å². The molecule has 1 aliphatic rings. The highest BCUT2D eigenvalue weighted by Gasteiger charge is 2.17. The molecule has 6 nitrogen and oxygen atoms in total. The number of aryl methyl sites for hydroxylation is 1. The second kappa shape index (κ2) is 9.71. The van der Waals surface area contributed by atoms with Gasteiger partial charge in [0.25, 0.3) is 0 Å². The first-order valence-electron chi connectivity index (χ1n) is 11.9. The summed E-state index contributed by atoms with van der Waals surface area (Å²) in [5.41, 5.74) is 4.09. The summed E-state index contributed by atoms with van der Waals surface area (Å²) in [7, 11) is 0. The number of anilines is 1. The molecule has 1 fully saturated rings. The molecule has 4 aromatic rings. The van der Waals surface area contributed by atoms with Gasteiger partial charge in [-0.1, -0.05) is 0 Å². The normalized spacial score (nSPS) is 14.9. The van der Waals surface area contributed by atoms with Gasteiger partial charge in [-0.3, -0.25) is 4.90 Å². The van der Waals surface area contributed by atoms with Gasteiger partial charge in [0.1, 0.15) is 11.3 Å².